The molecule has 1 aromatic carbocycles. The summed E-state index contributed by atoms with van der Waals surface area (Å²) < 4.78 is 13.9. The van der Waals surface area contributed by atoms with Gasteiger partial charge in [-0.05, 0) is 18.6 Å². The molecule has 1 aromatic rings. The van der Waals surface area contributed by atoms with E-state index in [2.05, 4.69) is 0 Å². The van der Waals surface area contributed by atoms with Crippen molar-refractivity contribution >= 4 is 5.69 Å². The minimum absolute atomic E-state index is 0.224. The lowest BCUT2D eigenvalue weighted by Crippen LogP contribution is -2.25. The van der Waals surface area contributed by atoms with E-state index in [1.807, 2.05) is 0 Å². The second-order valence-corrected chi connectivity index (χ2v) is 4.51. The molecule has 17 heavy (non-hydrogen) atoms. The van der Waals surface area contributed by atoms with E-state index in [1.54, 1.807) is 24.0 Å². The minimum Gasteiger partial charge on any atom is -0.389 e. The highest BCUT2D eigenvalue weighted by molar-refractivity contribution is 5.57. The Morgan fingerprint density at radius 2 is 1.94 bits per heavy atom. The number of nitrogens with zero attached hydrogens (tertiary/aromatic N) is 1. The molecule has 0 bridgehead atoms. The molecule has 5 heteroatoms. The first-order chi connectivity index (χ1) is 8.00. The molecule has 0 aromatic heterocycles. The number of aliphatic hydroxyl groups is 2. The van der Waals surface area contributed by atoms with E-state index < -0.39 is 12.2 Å². The molecule has 1 aliphatic rings. The highest BCUT2D eigenvalue weighted by Gasteiger charge is 2.32. The average molecular weight is 240 g/mol. The molecule has 1 fully saturated rings. The van der Waals surface area contributed by atoms with Crippen molar-refractivity contribution in [2.75, 3.05) is 18.0 Å². The fourth-order valence-corrected chi connectivity index (χ4v) is 2.19. The molecular formula is C12H17FN2O2. The van der Waals surface area contributed by atoms with Gasteiger partial charge in [0.2, 0.25) is 0 Å². The maximum absolute atomic E-state index is 13.9. The summed E-state index contributed by atoms with van der Waals surface area (Å²) in [6.07, 6.45) is -1.67. The molecule has 94 valence electrons. The van der Waals surface area contributed by atoms with Crippen LogP contribution in [-0.2, 0) is 0 Å². The van der Waals surface area contributed by atoms with Gasteiger partial charge in [-0.2, -0.15) is 0 Å². The number of rotatable bonds is 2. The van der Waals surface area contributed by atoms with Crippen LogP contribution >= 0.6 is 0 Å². The topological polar surface area (TPSA) is 69.7 Å². The molecule has 1 aliphatic heterocycles. The first-order valence-electron chi connectivity index (χ1n) is 5.65. The molecule has 0 saturated carbocycles. The number of aliphatic hydroxyl groups excluding tert-OH is 2. The second-order valence-electron chi connectivity index (χ2n) is 4.51. The van der Waals surface area contributed by atoms with Crippen LogP contribution in [-0.4, -0.2) is 35.5 Å². The monoisotopic (exact) mass is 240 g/mol. The number of benzene rings is 1. The molecule has 1 heterocycles. The molecular weight excluding hydrogens is 223 g/mol. The third-order valence-corrected chi connectivity index (χ3v) is 3.08. The van der Waals surface area contributed by atoms with Crippen LogP contribution < -0.4 is 10.6 Å². The molecule has 4 nitrogen and oxygen atoms in total. The summed E-state index contributed by atoms with van der Waals surface area (Å²) in [6.45, 7) is 2.23. The zero-order valence-corrected chi connectivity index (χ0v) is 9.68. The SMILES string of the molecule is C[C@H](N)c1cccc(F)c1N1CC(O)C(O)C1. The normalized spacial score (nSPS) is 26.3. The van der Waals surface area contributed by atoms with E-state index >= 15 is 0 Å². The molecule has 0 aliphatic carbocycles. The van der Waals surface area contributed by atoms with Gasteiger partial charge in [-0.1, -0.05) is 12.1 Å². The second kappa shape index (κ2) is 4.60. The van der Waals surface area contributed by atoms with Gasteiger partial charge in [-0.25, -0.2) is 4.39 Å². The highest BCUT2D eigenvalue weighted by Crippen LogP contribution is 2.31. The van der Waals surface area contributed by atoms with Gasteiger partial charge in [0.05, 0.1) is 17.9 Å². The Morgan fingerprint density at radius 3 is 2.47 bits per heavy atom. The predicted molar refractivity (Wildman–Crippen MR) is 63.2 cm³/mol. The van der Waals surface area contributed by atoms with Crippen LogP contribution in [0.3, 0.4) is 0 Å². The van der Waals surface area contributed by atoms with Crippen LogP contribution in [0.25, 0.3) is 0 Å². The van der Waals surface area contributed by atoms with Gasteiger partial charge >= 0.3 is 0 Å². The Balaban J connectivity index is 2.38. The van der Waals surface area contributed by atoms with Crippen LogP contribution in [0.2, 0.25) is 0 Å². The van der Waals surface area contributed by atoms with Crippen molar-refractivity contribution < 1.29 is 14.6 Å². The van der Waals surface area contributed by atoms with Gasteiger partial charge in [-0.15, -0.1) is 0 Å². The Hall–Kier alpha value is -1.17. The van der Waals surface area contributed by atoms with Crippen LogP contribution in [0.5, 0.6) is 0 Å². The number of halogens is 1. The van der Waals surface area contributed by atoms with E-state index in [0.29, 0.717) is 11.3 Å². The summed E-state index contributed by atoms with van der Waals surface area (Å²) in [5, 5.41) is 19.0. The third-order valence-electron chi connectivity index (χ3n) is 3.08. The summed E-state index contributed by atoms with van der Waals surface area (Å²) >= 11 is 0. The molecule has 3 atom stereocenters. The van der Waals surface area contributed by atoms with E-state index in [-0.39, 0.29) is 24.9 Å². The molecule has 1 saturated heterocycles. The van der Waals surface area contributed by atoms with Crippen LogP contribution in [0.4, 0.5) is 10.1 Å². The number of hydrogen-bond acceptors (Lipinski definition) is 4. The van der Waals surface area contributed by atoms with E-state index in [1.165, 1.54) is 6.07 Å². The van der Waals surface area contributed by atoms with E-state index in [4.69, 9.17) is 5.73 Å². The number of hydrogen-bond donors (Lipinski definition) is 3. The fourth-order valence-electron chi connectivity index (χ4n) is 2.19. The van der Waals surface area contributed by atoms with Gasteiger partial charge in [0.1, 0.15) is 5.82 Å². The Labute approximate surface area is 99.5 Å². The van der Waals surface area contributed by atoms with Crippen molar-refractivity contribution in [2.24, 2.45) is 5.73 Å². The van der Waals surface area contributed by atoms with Crippen LogP contribution in [0, 0.1) is 5.82 Å². The lowest BCUT2D eigenvalue weighted by Gasteiger charge is -2.23. The molecule has 0 amide bonds. The first kappa shape index (κ1) is 12.3. The standard InChI is InChI=1S/C12H17FN2O2/c1-7(14)8-3-2-4-9(13)12(8)15-5-10(16)11(17)6-15/h2-4,7,10-11,16-17H,5-6,14H2,1H3/t7-,10?,11?/m0/s1. The molecule has 0 radical (unpaired) electrons. The maximum Gasteiger partial charge on any atom is 0.146 e. The van der Waals surface area contributed by atoms with Crippen LogP contribution in [0.15, 0.2) is 18.2 Å². The molecule has 0 spiro atoms. The lowest BCUT2D eigenvalue weighted by molar-refractivity contribution is 0.0572. The van der Waals surface area contributed by atoms with Gasteiger partial charge in [0.15, 0.2) is 0 Å². The van der Waals surface area contributed by atoms with Crippen molar-refractivity contribution in [3.63, 3.8) is 0 Å². The summed E-state index contributed by atoms with van der Waals surface area (Å²) in [4.78, 5) is 1.64. The summed E-state index contributed by atoms with van der Waals surface area (Å²) in [5.74, 6) is -0.374. The van der Waals surface area contributed by atoms with Gasteiger partial charge in [0.25, 0.3) is 0 Å². The molecule has 2 rings (SSSR count). The quantitative estimate of drug-likeness (QED) is 0.699. The van der Waals surface area contributed by atoms with Gasteiger partial charge in [-0.3, -0.25) is 0 Å². The van der Waals surface area contributed by atoms with Crippen molar-refractivity contribution in [2.45, 2.75) is 25.2 Å². The predicted octanol–water partition coefficient (Wildman–Crippen LogP) is 0.387. The number of anilines is 1. The average Bonchev–Trinajstić information content (AvgIpc) is 2.58. The van der Waals surface area contributed by atoms with E-state index in [9.17, 15) is 14.6 Å². The number of nitrogens with two attached hydrogens (primary N) is 1. The molecule has 4 N–H and O–H groups in total. The van der Waals surface area contributed by atoms with Gasteiger partial charge < -0.3 is 20.8 Å². The largest absolute Gasteiger partial charge is 0.389 e. The van der Waals surface area contributed by atoms with Crippen LogP contribution in [0.1, 0.15) is 18.5 Å². The summed E-state index contributed by atoms with van der Waals surface area (Å²) in [6, 6.07) is 4.44. The van der Waals surface area contributed by atoms with E-state index in [0.717, 1.165) is 0 Å². The Morgan fingerprint density at radius 1 is 1.35 bits per heavy atom. The zero-order chi connectivity index (χ0) is 12.6. The fraction of sp³-hybridized carbons (Fsp3) is 0.500. The lowest BCUT2D eigenvalue weighted by atomic mass is 10.1. The number of para-hydroxylation sites is 1. The van der Waals surface area contributed by atoms with Gasteiger partial charge in [0, 0.05) is 19.1 Å². The third kappa shape index (κ3) is 2.26. The highest BCUT2D eigenvalue weighted by atomic mass is 19.1. The molecule has 2 unspecified atom stereocenters. The minimum atomic E-state index is -0.837. The summed E-state index contributed by atoms with van der Waals surface area (Å²) in [5.41, 5.74) is 6.88. The van der Waals surface area contributed by atoms with Crippen molar-refractivity contribution in [3.05, 3.63) is 29.6 Å². The smallest absolute Gasteiger partial charge is 0.146 e. The Bertz CT molecular complexity index is 401. The maximum atomic E-state index is 13.9. The zero-order valence-electron chi connectivity index (χ0n) is 9.68. The first-order valence-corrected chi connectivity index (χ1v) is 5.65. The number of β-amino-alcohol motifs (C(OH)–C–C–N with tert-alkyl or cyclic N) is 2. The van der Waals surface area contributed by atoms with Crippen molar-refractivity contribution in [3.8, 4) is 0 Å². The Kier molecular flexibility index (Phi) is 3.33. The van der Waals surface area contributed by atoms with Crippen molar-refractivity contribution in [1.82, 2.24) is 0 Å². The summed E-state index contributed by atoms with van der Waals surface area (Å²) in [7, 11) is 0. The van der Waals surface area contributed by atoms with Crippen molar-refractivity contribution in [1.29, 1.82) is 0 Å².